The largest absolute Gasteiger partial charge is 0.497 e. The first-order chi connectivity index (χ1) is 19.9. The maximum absolute atomic E-state index is 13.1. The summed E-state index contributed by atoms with van der Waals surface area (Å²) in [5, 5.41) is 1.27. The van der Waals surface area contributed by atoms with E-state index < -0.39 is 10.1 Å². The molecule has 208 valence electrons. The molecule has 3 heterocycles. The minimum absolute atomic E-state index is 0.0164. The molecule has 10 heteroatoms. The number of carbonyl (C=O) groups is 1. The van der Waals surface area contributed by atoms with Crippen LogP contribution in [0, 0.1) is 0 Å². The Morgan fingerprint density at radius 3 is 2.34 bits per heavy atom. The Labute approximate surface area is 238 Å². The summed E-state index contributed by atoms with van der Waals surface area (Å²) in [5.74, 6) is 0.954. The van der Waals surface area contributed by atoms with Gasteiger partial charge in [0, 0.05) is 53.4 Å². The lowest BCUT2D eigenvalue weighted by Gasteiger charge is -2.33. The van der Waals surface area contributed by atoms with Gasteiger partial charge < -0.3 is 18.4 Å². The first-order valence-corrected chi connectivity index (χ1v) is 14.7. The number of fused-ring (bicyclic) bond motifs is 1. The van der Waals surface area contributed by atoms with E-state index >= 15 is 0 Å². The highest BCUT2D eigenvalue weighted by atomic mass is 32.2. The second kappa shape index (κ2) is 11.1. The Morgan fingerprint density at radius 1 is 0.878 bits per heavy atom. The zero-order chi connectivity index (χ0) is 28.4. The molecule has 41 heavy (non-hydrogen) atoms. The van der Waals surface area contributed by atoms with Gasteiger partial charge in [-0.2, -0.15) is 8.42 Å². The highest BCUT2D eigenvalue weighted by molar-refractivity contribution is 7.87. The summed E-state index contributed by atoms with van der Waals surface area (Å²) in [7, 11) is -2.45. The molecule has 1 saturated heterocycles. The average Bonchev–Trinajstić information content (AvgIpc) is 3.51. The van der Waals surface area contributed by atoms with Crippen molar-refractivity contribution in [3.05, 3.63) is 103 Å². The van der Waals surface area contributed by atoms with Crippen LogP contribution in [-0.4, -0.2) is 54.0 Å². The molecule has 0 saturated carbocycles. The van der Waals surface area contributed by atoms with E-state index in [0.29, 0.717) is 24.0 Å². The first kappa shape index (κ1) is 26.5. The average molecular weight is 569 g/mol. The number of hydrogen-bond donors (Lipinski definition) is 0. The van der Waals surface area contributed by atoms with Gasteiger partial charge in [0.25, 0.3) is 5.91 Å². The molecule has 5 aromatic rings. The van der Waals surface area contributed by atoms with E-state index in [1.54, 1.807) is 74.2 Å². The Balaban J connectivity index is 1.14. The van der Waals surface area contributed by atoms with E-state index in [1.807, 2.05) is 29.4 Å². The lowest BCUT2D eigenvalue weighted by Crippen LogP contribution is -2.39. The normalized spacial score (nSPS) is 14.2. The molecule has 0 unspecified atom stereocenters. The maximum Gasteiger partial charge on any atom is 0.339 e. The molecule has 0 bridgehead atoms. The molecule has 0 spiro atoms. The van der Waals surface area contributed by atoms with Crippen LogP contribution in [0.25, 0.3) is 22.0 Å². The number of pyridine rings is 1. The molecule has 1 fully saturated rings. The molecule has 6 rings (SSSR count). The van der Waals surface area contributed by atoms with Crippen molar-refractivity contribution < 1.29 is 22.1 Å². The predicted molar refractivity (Wildman–Crippen MR) is 154 cm³/mol. The molecule has 1 amide bonds. The second-order valence-corrected chi connectivity index (χ2v) is 11.4. The number of methoxy groups -OCH3 is 1. The molecule has 1 aliphatic rings. The number of carbonyl (C=O) groups excluding carboxylic acids is 1. The molecular formula is C31H28N4O5S. The van der Waals surface area contributed by atoms with Crippen molar-refractivity contribution in [3.63, 3.8) is 0 Å². The van der Waals surface area contributed by atoms with Crippen LogP contribution in [-0.2, 0) is 10.1 Å². The van der Waals surface area contributed by atoms with Gasteiger partial charge >= 0.3 is 10.1 Å². The van der Waals surface area contributed by atoms with Gasteiger partial charge in [0.15, 0.2) is 0 Å². The molecule has 9 nitrogen and oxygen atoms in total. The van der Waals surface area contributed by atoms with Crippen molar-refractivity contribution >= 4 is 26.8 Å². The maximum atomic E-state index is 13.1. The fraction of sp³-hybridized carbons (Fsp3) is 0.194. The zero-order valence-corrected chi connectivity index (χ0v) is 23.2. The third kappa shape index (κ3) is 5.38. The van der Waals surface area contributed by atoms with E-state index in [4.69, 9.17) is 8.92 Å². The molecule has 0 radical (unpaired) electrons. The van der Waals surface area contributed by atoms with Gasteiger partial charge in [-0.1, -0.05) is 12.1 Å². The predicted octanol–water partition coefficient (Wildman–Crippen LogP) is 5.35. The number of ether oxygens (including phenoxy) is 1. The van der Waals surface area contributed by atoms with Gasteiger partial charge in [-0.05, 0) is 73.5 Å². The lowest BCUT2D eigenvalue weighted by atomic mass is 10.0. The molecule has 3 aromatic carbocycles. The Hall–Kier alpha value is -4.70. The van der Waals surface area contributed by atoms with Crippen molar-refractivity contribution in [1.82, 2.24) is 19.4 Å². The fourth-order valence-corrected chi connectivity index (χ4v) is 6.40. The molecule has 0 atom stereocenters. The molecule has 0 aliphatic carbocycles. The van der Waals surface area contributed by atoms with Crippen molar-refractivity contribution in [2.24, 2.45) is 0 Å². The van der Waals surface area contributed by atoms with Gasteiger partial charge in [0.05, 0.1) is 25.3 Å². The van der Waals surface area contributed by atoms with Crippen LogP contribution in [0.1, 0.15) is 29.2 Å². The fourth-order valence-electron chi connectivity index (χ4n) is 5.25. The number of amides is 1. The molecule has 0 N–H and O–H groups in total. The van der Waals surface area contributed by atoms with Crippen LogP contribution in [0.2, 0.25) is 0 Å². The first-order valence-electron chi connectivity index (χ1n) is 13.3. The van der Waals surface area contributed by atoms with Crippen molar-refractivity contribution in [2.75, 3.05) is 20.2 Å². The molecule has 2 aromatic heterocycles. The number of hydrogen-bond acceptors (Lipinski definition) is 7. The van der Waals surface area contributed by atoms with Crippen molar-refractivity contribution in [1.29, 1.82) is 0 Å². The number of nitrogens with zero attached hydrogens (tertiary/aromatic N) is 4. The molecular weight excluding hydrogens is 540 g/mol. The van der Waals surface area contributed by atoms with Crippen molar-refractivity contribution in [2.45, 2.75) is 23.8 Å². The minimum atomic E-state index is -4.05. The Kier molecular flexibility index (Phi) is 7.15. The van der Waals surface area contributed by atoms with Crippen LogP contribution in [0.5, 0.6) is 11.5 Å². The van der Waals surface area contributed by atoms with E-state index in [1.165, 1.54) is 6.07 Å². The third-order valence-electron chi connectivity index (χ3n) is 7.41. The zero-order valence-electron chi connectivity index (χ0n) is 22.4. The summed E-state index contributed by atoms with van der Waals surface area (Å²) >= 11 is 0. The standard InChI is InChI=1S/C31H28N4O5S/c1-39-26-9-7-23(8-10-26)31(36)34-17-14-25(15-18-34)35-21-33-20-29(35)22-5-11-27(12-6-22)40-41(37,38)30-4-2-3-24-19-32-16-13-28(24)30/h2-13,16,19-21,25H,14-15,17-18H2,1H3. The highest BCUT2D eigenvalue weighted by Gasteiger charge is 2.26. The Bertz CT molecular complexity index is 1790. The topological polar surface area (TPSA) is 104 Å². The van der Waals surface area contributed by atoms with E-state index in [-0.39, 0.29) is 22.6 Å². The van der Waals surface area contributed by atoms with E-state index in [0.717, 1.165) is 35.2 Å². The summed E-state index contributed by atoms with van der Waals surface area (Å²) < 4.78 is 39.0. The lowest BCUT2D eigenvalue weighted by molar-refractivity contribution is 0.0695. The number of likely N-dealkylation sites (tertiary alicyclic amines) is 1. The third-order valence-corrected chi connectivity index (χ3v) is 8.72. The number of rotatable bonds is 7. The summed E-state index contributed by atoms with van der Waals surface area (Å²) in [6, 6.07) is 21.0. The van der Waals surface area contributed by atoms with Crippen LogP contribution in [0.4, 0.5) is 0 Å². The van der Waals surface area contributed by atoms with Gasteiger partial charge in [-0.3, -0.25) is 9.78 Å². The monoisotopic (exact) mass is 568 g/mol. The molecule has 1 aliphatic heterocycles. The van der Waals surface area contributed by atoms with Gasteiger partial charge in [-0.15, -0.1) is 0 Å². The quantitative estimate of drug-likeness (QED) is 0.244. The SMILES string of the molecule is COc1ccc(C(=O)N2CCC(n3cncc3-c3ccc(OS(=O)(=O)c4cccc5cnccc45)cc3)CC2)cc1. The van der Waals surface area contributed by atoms with Crippen molar-refractivity contribution in [3.8, 4) is 22.8 Å². The minimum Gasteiger partial charge on any atom is -0.497 e. The highest BCUT2D eigenvalue weighted by Crippen LogP contribution is 2.31. The summed E-state index contributed by atoms with van der Waals surface area (Å²) in [5.41, 5.74) is 2.45. The van der Waals surface area contributed by atoms with Gasteiger partial charge in [-0.25, -0.2) is 4.98 Å². The van der Waals surface area contributed by atoms with Crippen LogP contribution in [0.3, 0.4) is 0 Å². The number of piperidine rings is 1. The summed E-state index contributed by atoms with van der Waals surface area (Å²) in [6.45, 7) is 1.28. The van der Waals surface area contributed by atoms with Crippen LogP contribution in [0.15, 0.2) is 103 Å². The Morgan fingerprint density at radius 2 is 1.61 bits per heavy atom. The van der Waals surface area contributed by atoms with Crippen LogP contribution < -0.4 is 8.92 Å². The van der Waals surface area contributed by atoms with Gasteiger partial charge in [0.1, 0.15) is 16.4 Å². The van der Waals surface area contributed by atoms with E-state index in [2.05, 4.69) is 14.5 Å². The van der Waals surface area contributed by atoms with E-state index in [9.17, 15) is 13.2 Å². The number of aromatic nitrogens is 3. The summed E-state index contributed by atoms with van der Waals surface area (Å²) in [4.78, 5) is 23.4. The second-order valence-electron chi connectivity index (χ2n) is 9.85. The number of imidazole rings is 1. The smallest absolute Gasteiger partial charge is 0.339 e. The van der Waals surface area contributed by atoms with Gasteiger partial charge in [0.2, 0.25) is 0 Å². The van der Waals surface area contributed by atoms with Crippen LogP contribution >= 0.6 is 0 Å². The number of benzene rings is 3. The summed E-state index contributed by atoms with van der Waals surface area (Å²) in [6.07, 6.45) is 8.38.